The van der Waals surface area contributed by atoms with Crippen molar-refractivity contribution in [2.45, 2.75) is 6.54 Å². The smallest absolute Gasteiger partial charge is 0.255 e. The molecule has 4 rings (SSSR count). The first-order chi connectivity index (χ1) is 17.6. The Labute approximate surface area is 211 Å². The summed E-state index contributed by atoms with van der Waals surface area (Å²) in [6, 6.07) is 28.1. The maximum atomic E-state index is 12.8. The minimum absolute atomic E-state index is 0.241. The molecule has 1 amide bonds. The average molecular weight is 478 g/mol. The first-order valence-corrected chi connectivity index (χ1v) is 11.4. The number of hydrogen-bond acceptors (Lipinski definition) is 5. The van der Waals surface area contributed by atoms with E-state index in [1.807, 2.05) is 66.7 Å². The maximum Gasteiger partial charge on any atom is 0.255 e. The van der Waals surface area contributed by atoms with Crippen LogP contribution in [0.2, 0.25) is 0 Å². The predicted molar refractivity (Wildman–Crippen MR) is 145 cm³/mol. The van der Waals surface area contributed by atoms with Gasteiger partial charge in [0, 0.05) is 35.0 Å². The molecule has 4 aromatic rings. The zero-order chi connectivity index (χ0) is 25.3. The number of anilines is 3. The number of benzene rings is 4. The topological polar surface area (TPSA) is 85.6 Å². The molecule has 0 radical (unpaired) electrons. The summed E-state index contributed by atoms with van der Waals surface area (Å²) in [5.74, 6) is 7.31. The average Bonchev–Trinajstić information content (AvgIpc) is 2.93. The normalized spacial score (nSPS) is 10.1. The highest BCUT2D eigenvalue weighted by Crippen LogP contribution is 2.30. The number of carbonyl (C=O) groups excluding carboxylic acids is 1. The third-order valence-electron chi connectivity index (χ3n) is 5.52. The molecule has 4 N–H and O–H groups in total. The first-order valence-electron chi connectivity index (χ1n) is 11.4. The minimum Gasteiger partial charge on any atom is -0.493 e. The predicted octanol–water partition coefficient (Wildman–Crippen LogP) is 5.55. The third kappa shape index (κ3) is 6.16. The van der Waals surface area contributed by atoms with Gasteiger partial charge in [-0.15, -0.1) is 0 Å². The Morgan fingerprint density at radius 2 is 1.53 bits per heavy atom. The lowest BCUT2D eigenvalue weighted by molar-refractivity contribution is 0.102. The van der Waals surface area contributed by atoms with Gasteiger partial charge in [0.1, 0.15) is 0 Å². The molecular weight excluding hydrogens is 450 g/mol. The van der Waals surface area contributed by atoms with E-state index in [1.165, 1.54) is 0 Å². The minimum atomic E-state index is -0.241. The SMILES string of the molecule is COc1ccc(NCc2ccc(C(=O)Nc3cc(C#Cc4ccccc4)ccc3N)cc2)cc1OC. The number of methoxy groups -OCH3 is 2. The molecule has 36 heavy (non-hydrogen) atoms. The van der Waals surface area contributed by atoms with Crippen molar-refractivity contribution in [1.82, 2.24) is 0 Å². The van der Waals surface area contributed by atoms with Crippen LogP contribution in [-0.2, 0) is 6.54 Å². The molecule has 0 saturated carbocycles. The third-order valence-corrected chi connectivity index (χ3v) is 5.52. The zero-order valence-electron chi connectivity index (χ0n) is 20.2. The van der Waals surface area contributed by atoms with Crippen molar-refractivity contribution < 1.29 is 14.3 Å². The number of amides is 1. The van der Waals surface area contributed by atoms with Crippen LogP contribution in [0.1, 0.15) is 27.0 Å². The van der Waals surface area contributed by atoms with Crippen LogP contribution in [0.25, 0.3) is 0 Å². The monoisotopic (exact) mass is 477 g/mol. The second-order valence-corrected chi connectivity index (χ2v) is 7.99. The fourth-order valence-electron chi connectivity index (χ4n) is 3.53. The Kier molecular flexibility index (Phi) is 7.74. The number of nitrogens with one attached hydrogen (secondary N) is 2. The Morgan fingerprint density at radius 1 is 0.806 bits per heavy atom. The molecule has 0 aliphatic heterocycles. The Balaban J connectivity index is 1.39. The fraction of sp³-hybridized carbons (Fsp3) is 0.100. The second kappa shape index (κ2) is 11.5. The molecule has 4 aromatic carbocycles. The Morgan fingerprint density at radius 3 is 2.25 bits per heavy atom. The Hall–Kier alpha value is -4.89. The van der Waals surface area contributed by atoms with Gasteiger partial charge in [0.2, 0.25) is 0 Å². The van der Waals surface area contributed by atoms with Crippen molar-refractivity contribution in [1.29, 1.82) is 0 Å². The van der Waals surface area contributed by atoms with Crippen molar-refractivity contribution in [3.63, 3.8) is 0 Å². The van der Waals surface area contributed by atoms with Gasteiger partial charge in [-0.2, -0.15) is 0 Å². The van der Waals surface area contributed by atoms with Crippen LogP contribution in [0.5, 0.6) is 11.5 Å². The highest BCUT2D eigenvalue weighted by molar-refractivity contribution is 6.05. The number of nitrogens with two attached hydrogens (primary N) is 1. The van der Waals surface area contributed by atoms with Gasteiger partial charge in [-0.3, -0.25) is 4.79 Å². The highest BCUT2D eigenvalue weighted by atomic mass is 16.5. The highest BCUT2D eigenvalue weighted by Gasteiger charge is 2.09. The van der Waals surface area contributed by atoms with E-state index in [-0.39, 0.29) is 5.91 Å². The van der Waals surface area contributed by atoms with Gasteiger partial charge in [0.25, 0.3) is 5.91 Å². The molecular formula is C30H27N3O3. The van der Waals surface area contributed by atoms with E-state index in [1.54, 1.807) is 38.5 Å². The molecule has 0 saturated heterocycles. The first kappa shape index (κ1) is 24.2. The van der Waals surface area contributed by atoms with Crippen molar-refractivity contribution in [2.75, 3.05) is 30.6 Å². The summed E-state index contributed by atoms with van der Waals surface area (Å²) in [4.78, 5) is 12.8. The molecule has 0 bridgehead atoms. The van der Waals surface area contributed by atoms with Crippen LogP contribution < -0.4 is 25.8 Å². The van der Waals surface area contributed by atoms with Gasteiger partial charge in [-0.05, 0) is 60.2 Å². The number of rotatable bonds is 7. The van der Waals surface area contributed by atoms with E-state index < -0.39 is 0 Å². The van der Waals surface area contributed by atoms with Crippen molar-refractivity contribution >= 4 is 23.0 Å². The van der Waals surface area contributed by atoms with E-state index in [0.29, 0.717) is 35.0 Å². The van der Waals surface area contributed by atoms with Crippen LogP contribution in [0.4, 0.5) is 17.1 Å². The number of carbonyl (C=O) groups is 1. The summed E-state index contributed by atoms with van der Waals surface area (Å²) in [5, 5.41) is 6.24. The standard InChI is InChI=1S/C30H27N3O3/c1-35-28-17-15-25(19-29(28)36-2)32-20-23-10-13-24(14-11-23)30(34)33-27-18-22(12-16-26(27)31)9-8-21-6-4-3-5-7-21/h3-7,10-19,32H,20,31H2,1-2H3,(H,33,34). The van der Waals surface area contributed by atoms with E-state index in [4.69, 9.17) is 15.2 Å². The number of nitrogen functional groups attached to an aromatic ring is 1. The van der Waals surface area contributed by atoms with Gasteiger partial charge in [0.15, 0.2) is 11.5 Å². The lowest BCUT2D eigenvalue weighted by Crippen LogP contribution is -2.13. The summed E-state index contributed by atoms with van der Waals surface area (Å²) in [7, 11) is 3.21. The van der Waals surface area contributed by atoms with E-state index in [2.05, 4.69) is 22.5 Å². The second-order valence-electron chi connectivity index (χ2n) is 7.99. The van der Waals surface area contributed by atoms with E-state index in [0.717, 1.165) is 22.4 Å². The van der Waals surface area contributed by atoms with Gasteiger partial charge in [0.05, 0.1) is 25.6 Å². The zero-order valence-corrected chi connectivity index (χ0v) is 20.2. The lowest BCUT2D eigenvalue weighted by Gasteiger charge is -2.12. The van der Waals surface area contributed by atoms with Gasteiger partial charge in [-0.25, -0.2) is 0 Å². The van der Waals surface area contributed by atoms with E-state index in [9.17, 15) is 4.79 Å². The van der Waals surface area contributed by atoms with Gasteiger partial charge >= 0.3 is 0 Å². The maximum absolute atomic E-state index is 12.8. The van der Waals surface area contributed by atoms with Crippen LogP contribution in [0.15, 0.2) is 91.0 Å². The number of ether oxygens (including phenoxy) is 2. The molecule has 0 atom stereocenters. The van der Waals surface area contributed by atoms with Crippen molar-refractivity contribution in [2.24, 2.45) is 0 Å². The fourth-order valence-corrected chi connectivity index (χ4v) is 3.53. The summed E-state index contributed by atoms with van der Waals surface area (Å²) in [6.07, 6.45) is 0. The lowest BCUT2D eigenvalue weighted by atomic mass is 10.1. The molecule has 180 valence electrons. The van der Waals surface area contributed by atoms with Crippen LogP contribution >= 0.6 is 0 Å². The van der Waals surface area contributed by atoms with Crippen molar-refractivity contribution in [3.8, 4) is 23.3 Å². The quantitative estimate of drug-likeness (QED) is 0.240. The summed E-state index contributed by atoms with van der Waals surface area (Å²) in [5.41, 5.74) is 11.2. The van der Waals surface area contributed by atoms with Crippen molar-refractivity contribution in [3.05, 3.63) is 113 Å². The molecule has 0 fully saturated rings. The molecule has 0 heterocycles. The van der Waals surface area contributed by atoms with Gasteiger partial charge < -0.3 is 25.8 Å². The molecule has 0 aliphatic rings. The molecule has 6 nitrogen and oxygen atoms in total. The molecule has 0 unspecified atom stereocenters. The summed E-state index contributed by atoms with van der Waals surface area (Å²) >= 11 is 0. The van der Waals surface area contributed by atoms with Crippen LogP contribution in [0.3, 0.4) is 0 Å². The molecule has 6 heteroatoms. The summed E-state index contributed by atoms with van der Waals surface area (Å²) < 4.78 is 10.6. The largest absolute Gasteiger partial charge is 0.493 e. The molecule has 0 aromatic heterocycles. The number of hydrogen-bond donors (Lipinski definition) is 3. The van der Waals surface area contributed by atoms with E-state index >= 15 is 0 Å². The Bertz CT molecular complexity index is 1410. The van der Waals surface area contributed by atoms with Crippen LogP contribution in [-0.4, -0.2) is 20.1 Å². The molecule has 0 aliphatic carbocycles. The summed E-state index contributed by atoms with van der Waals surface area (Å²) in [6.45, 7) is 0.590. The molecule has 0 spiro atoms. The van der Waals surface area contributed by atoms with Crippen LogP contribution in [0, 0.1) is 11.8 Å². The van der Waals surface area contributed by atoms with Gasteiger partial charge in [-0.1, -0.05) is 42.2 Å².